The maximum atomic E-state index is 13.0. The van der Waals surface area contributed by atoms with Crippen LogP contribution in [0, 0.1) is 5.92 Å². The van der Waals surface area contributed by atoms with Crippen molar-refractivity contribution in [3.05, 3.63) is 42.0 Å². The van der Waals surface area contributed by atoms with Crippen molar-refractivity contribution in [1.82, 2.24) is 29.9 Å². The highest BCUT2D eigenvalue weighted by Gasteiger charge is 2.29. The second kappa shape index (κ2) is 6.79. The van der Waals surface area contributed by atoms with Crippen LogP contribution in [-0.2, 0) is 6.54 Å². The number of rotatable bonds is 4. The first kappa shape index (κ1) is 16.5. The average Bonchev–Trinajstić information content (AvgIpc) is 3.32. The molecule has 1 N–H and O–H groups in total. The maximum absolute atomic E-state index is 13.0. The molecule has 0 bridgehead atoms. The molecule has 7 heteroatoms. The first-order valence-electron chi connectivity index (χ1n) is 9.89. The lowest BCUT2D eigenvalue weighted by atomic mass is 9.85. The van der Waals surface area contributed by atoms with Crippen LogP contribution < -0.4 is 0 Å². The van der Waals surface area contributed by atoms with E-state index < -0.39 is 0 Å². The maximum Gasteiger partial charge on any atom is 0.253 e. The Hall–Kier alpha value is -2.70. The number of nitrogens with zero attached hydrogens (tertiary/aromatic N) is 5. The normalized spacial score (nSPS) is 20.7. The van der Waals surface area contributed by atoms with Crippen molar-refractivity contribution in [2.75, 3.05) is 13.1 Å². The highest BCUT2D eigenvalue weighted by molar-refractivity contribution is 5.97. The number of aromatic amines is 1. The van der Waals surface area contributed by atoms with Crippen LogP contribution in [0.4, 0.5) is 0 Å². The Morgan fingerprint density at radius 3 is 2.89 bits per heavy atom. The molecule has 3 aromatic rings. The summed E-state index contributed by atoms with van der Waals surface area (Å²) >= 11 is 0. The summed E-state index contributed by atoms with van der Waals surface area (Å²) in [7, 11) is 0. The van der Waals surface area contributed by atoms with Crippen LogP contribution in [0.2, 0.25) is 0 Å². The summed E-state index contributed by atoms with van der Waals surface area (Å²) in [5.41, 5.74) is 2.18. The molecule has 1 atom stereocenters. The van der Waals surface area contributed by atoms with Crippen molar-refractivity contribution in [3.63, 3.8) is 0 Å². The van der Waals surface area contributed by atoms with Gasteiger partial charge in [0.1, 0.15) is 16.9 Å². The van der Waals surface area contributed by atoms with Crippen molar-refractivity contribution in [2.24, 2.45) is 5.92 Å². The number of carbonyl (C=O) groups excluding carboxylic acids is 1. The second-order valence-electron chi connectivity index (χ2n) is 7.85. The zero-order valence-electron chi connectivity index (χ0n) is 15.3. The third kappa shape index (κ3) is 3.11. The van der Waals surface area contributed by atoms with Crippen LogP contribution in [0.5, 0.6) is 0 Å². The Kier molecular flexibility index (Phi) is 4.14. The van der Waals surface area contributed by atoms with Gasteiger partial charge < -0.3 is 9.47 Å². The molecular formula is C20H24N6O. The van der Waals surface area contributed by atoms with E-state index in [1.165, 1.54) is 19.3 Å². The van der Waals surface area contributed by atoms with Gasteiger partial charge in [-0.2, -0.15) is 15.4 Å². The summed E-state index contributed by atoms with van der Waals surface area (Å²) in [4.78, 5) is 19.7. The molecular weight excluding hydrogens is 340 g/mol. The topological polar surface area (TPSA) is 79.7 Å². The molecule has 27 heavy (non-hydrogen) atoms. The van der Waals surface area contributed by atoms with Gasteiger partial charge in [0.15, 0.2) is 0 Å². The summed E-state index contributed by atoms with van der Waals surface area (Å²) in [5, 5.41) is 10.7. The number of amides is 1. The predicted octanol–water partition coefficient (Wildman–Crippen LogP) is 2.97. The van der Waals surface area contributed by atoms with E-state index in [1.54, 1.807) is 0 Å². The van der Waals surface area contributed by atoms with Crippen LogP contribution in [-0.4, -0.2) is 48.9 Å². The van der Waals surface area contributed by atoms with Crippen molar-refractivity contribution in [3.8, 4) is 0 Å². The first-order valence-corrected chi connectivity index (χ1v) is 9.89. The van der Waals surface area contributed by atoms with Gasteiger partial charge in [0.05, 0.1) is 0 Å². The van der Waals surface area contributed by atoms with Crippen LogP contribution in [0.25, 0.3) is 11.0 Å². The molecule has 1 saturated carbocycles. The van der Waals surface area contributed by atoms with Gasteiger partial charge in [0, 0.05) is 43.5 Å². The summed E-state index contributed by atoms with van der Waals surface area (Å²) in [6.07, 6.45) is 10.1. The zero-order valence-corrected chi connectivity index (χ0v) is 15.3. The molecule has 2 aromatic heterocycles. The monoisotopic (exact) mass is 364 g/mol. The van der Waals surface area contributed by atoms with E-state index in [4.69, 9.17) is 0 Å². The molecule has 0 unspecified atom stereocenters. The number of imidazole rings is 1. The third-order valence-corrected chi connectivity index (χ3v) is 6.06. The van der Waals surface area contributed by atoms with E-state index in [0.717, 1.165) is 55.3 Å². The number of hydrogen-bond acceptors (Lipinski definition) is 4. The lowest BCUT2D eigenvalue weighted by molar-refractivity contribution is 0.0702. The van der Waals surface area contributed by atoms with Crippen molar-refractivity contribution in [2.45, 2.75) is 44.6 Å². The van der Waals surface area contributed by atoms with Gasteiger partial charge in [-0.05, 0) is 49.8 Å². The fourth-order valence-corrected chi connectivity index (χ4v) is 4.32. The van der Waals surface area contributed by atoms with E-state index in [2.05, 4.69) is 31.2 Å². The Bertz CT molecular complexity index is 956. The Labute approximate surface area is 157 Å². The van der Waals surface area contributed by atoms with Crippen LogP contribution >= 0.6 is 0 Å². The largest absolute Gasteiger partial charge is 0.338 e. The third-order valence-electron chi connectivity index (χ3n) is 6.06. The van der Waals surface area contributed by atoms with Crippen molar-refractivity contribution < 1.29 is 4.79 Å². The Morgan fingerprint density at radius 1 is 1.15 bits per heavy atom. The molecule has 1 aromatic carbocycles. The van der Waals surface area contributed by atoms with Gasteiger partial charge in [0.2, 0.25) is 0 Å². The molecule has 1 amide bonds. The Morgan fingerprint density at radius 2 is 2.04 bits per heavy atom. The standard InChI is InChI=1S/C20H24N6O/c27-20(15-6-7-17-18(11-15)23-24-22-17)26-9-2-5-16(13-26)19-21-8-10-25(19)12-14-3-1-4-14/h6-8,10-11,14,16H,1-5,9,12-13H2,(H,22,23,24)/t16-/m1/s1. The SMILES string of the molecule is O=C(c1ccc2n[nH]nc2c1)N1CCC[C@@H](c2nccn2CC2CCC2)C1. The summed E-state index contributed by atoms with van der Waals surface area (Å²) in [5.74, 6) is 2.33. The van der Waals surface area contributed by atoms with E-state index in [9.17, 15) is 4.79 Å². The summed E-state index contributed by atoms with van der Waals surface area (Å²) in [6, 6.07) is 5.51. The quantitative estimate of drug-likeness (QED) is 0.772. The minimum Gasteiger partial charge on any atom is -0.338 e. The zero-order chi connectivity index (χ0) is 18.2. The summed E-state index contributed by atoms with van der Waals surface area (Å²) in [6.45, 7) is 2.61. The van der Waals surface area contributed by atoms with E-state index in [0.29, 0.717) is 11.5 Å². The highest BCUT2D eigenvalue weighted by atomic mass is 16.2. The molecule has 1 saturated heterocycles. The fraction of sp³-hybridized carbons (Fsp3) is 0.500. The van der Waals surface area contributed by atoms with Crippen LogP contribution in [0.1, 0.15) is 54.2 Å². The molecule has 3 heterocycles. The predicted molar refractivity (Wildman–Crippen MR) is 101 cm³/mol. The molecule has 2 fully saturated rings. The molecule has 1 aliphatic heterocycles. The number of nitrogens with one attached hydrogen (secondary N) is 1. The molecule has 0 spiro atoms. The molecule has 5 rings (SSSR count). The fourth-order valence-electron chi connectivity index (χ4n) is 4.32. The number of piperidine rings is 1. The lowest BCUT2D eigenvalue weighted by Gasteiger charge is -2.33. The highest BCUT2D eigenvalue weighted by Crippen LogP contribution is 2.31. The van der Waals surface area contributed by atoms with E-state index in [1.807, 2.05) is 29.3 Å². The number of aromatic nitrogens is 5. The molecule has 1 aliphatic carbocycles. The number of benzene rings is 1. The smallest absolute Gasteiger partial charge is 0.253 e. The minimum absolute atomic E-state index is 0.0710. The van der Waals surface area contributed by atoms with Crippen molar-refractivity contribution in [1.29, 1.82) is 0 Å². The lowest BCUT2D eigenvalue weighted by Crippen LogP contribution is -2.40. The van der Waals surface area contributed by atoms with Gasteiger partial charge in [-0.1, -0.05) is 6.42 Å². The summed E-state index contributed by atoms with van der Waals surface area (Å²) < 4.78 is 2.32. The minimum atomic E-state index is 0.0710. The van der Waals surface area contributed by atoms with E-state index >= 15 is 0 Å². The molecule has 0 radical (unpaired) electrons. The first-order chi connectivity index (χ1) is 13.3. The van der Waals surface area contributed by atoms with Gasteiger partial charge in [-0.15, -0.1) is 0 Å². The number of H-pyrrole nitrogens is 1. The number of fused-ring (bicyclic) bond motifs is 1. The van der Waals surface area contributed by atoms with Gasteiger partial charge in [-0.25, -0.2) is 4.98 Å². The second-order valence-corrected chi connectivity index (χ2v) is 7.85. The van der Waals surface area contributed by atoms with Crippen molar-refractivity contribution >= 4 is 16.9 Å². The van der Waals surface area contributed by atoms with Gasteiger partial charge >= 0.3 is 0 Å². The van der Waals surface area contributed by atoms with Crippen LogP contribution in [0.3, 0.4) is 0 Å². The number of likely N-dealkylation sites (tertiary alicyclic amines) is 1. The Balaban J connectivity index is 1.33. The van der Waals surface area contributed by atoms with E-state index in [-0.39, 0.29) is 5.91 Å². The molecule has 2 aliphatic rings. The van der Waals surface area contributed by atoms with Crippen LogP contribution in [0.15, 0.2) is 30.6 Å². The van der Waals surface area contributed by atoms with Gasteiger partial charge in [0.25, 0.3) is 5.91 Å². The molecule has 7 nitrogen and oxygen atoms in total. The van der Waals surface area contributed by atoms with Gasteiger partial charge in [-0.3, -0.25) is 4.79 Å². The number of hydrogen-bond donors (Lipinski definition) is 1. The average molecular weight is 364 g/mol. The number of carbonyl (C=O) groups is 1. The molecule has 140 valence electrons.